The highest BCUT2D eigenvalue weighted by atomic mass is 16.5. The Kier molecular flexibility index (Phi) is 5.63. The zero-order valence-corrected chi connectivity index (χ0v) is 11.7. The zero-order valence-electron chi connectivity index (χ0n) is 11.7. The highest BCUT2D eigenvalue weighted by molar-refractivity contribution is 5.69. The van der Waals surface area contributed by atoms with Gasteiger partial charge in [0.25, 0.3) is 0 Å². The summed E-state index contributed by atoms with van der Waals surface area (Å²) in [5, 5.41) is 8.76. The van der Waals surface area contributed by atoms with E-state index >= 15 is 0 Å². The van der Waals surface area contributed by atoms with Crippen molar-refractivity contribution >= 4 is 11.7 Å². The summed E-state index contributed by atoms with van der Waals surface area (Å²) in [5.41, 5.74) is 7.60. The van der Waals surface area contributed by atoms with Crippen molar-refractivity contribution in [3.8, 4) is 5.75 Å². The maximum absolute atomic E-state index is 10.7. The summed E-state index contributed by atoms with van der Waals surface area (Å²) in [5.74, 6) is -0.127. The van der Waals surface area contributed by atoms with Crippen molar-refractivity contribution in [2.75, 3.05) is 25.9 Å². The average Bonchev–Trinajstić information content (AvgIpc) is 2.32. The van der Waals surface area contributed by atoms with Gasteiger partial charge in [-0.2, -0.15) is 0 Å². The van der Waals surface area contributed by atoms with E-state index in [9.17, 15) is 4.79 Å². The van der Waals surface area contributed by atoms with Crippen LogP contribution in [0, 0.1) is 0 Å². The number of carboxylic acid groups (broad SMARTS) is 1. The number of nitrogens with two attached hydrogens (primary N) is 1. The molecule has 3 N–H and O–H groups in total. The first-order valence-corrected chi connectivity index (χ1v) is 6.37. The largest absolute Gasteiger partial charge is 0.492 e. The number of ether oxygens (including phenoxy) is 1. The third kappa shape index (κ3) is 4.79. The molecule has 1 rings (SSSR count). The molecular formula is C14H22N2O3. The van der Waals surface area contributed by atoms with Crippen molar-refractivity contribution in [2.24, 2.45) is 0 Å². The van der Waals surface area contributed by atoms with E-state index in [1.165, 1.54) is 0 Å². The van der Waals surface area contributed by atoms with Crippen molar-refractivity contribution in [2.45, 2.75) is 26.3 Å². The lowest BCUT2D eigenvalue weighted by Gasteiger charge is -2.23. The third-order valence-electron chi connectivity index (χ3n) is 3.04. The Balaban J connectivity index is 2.66. The van der Waals surface area contributed by atoms with E-state index < -0.39 is 5.97 Å². The number of benzene rings is 1. The molecule has 0 saturated heterocycles. The van der Waals surface area contributed by atoms with E-state index in [1.54, 1.807) is 11.9 Å². The summed E-state index contributed by atoms with van der Waals surface area (Å²) in [4.78, 5) is 12.5. The molecule has 0 bridgehead atoms. The second-order valence-electron chi connectivity index (χ2n) is 4.67. The van der Waals surface area contributed by atoms with Gasteiger partial charge in [-0.15, -0.1) is 0 Å². The Labute approximate surface area is 114 Å². The van der Waals surface area contributed by atoms with Crippen LogP contribution in [-0.4, -0.2) is 42.2 Å². The monoisotopic (exact) mass is 266 g/mol. The SMILES string of the molecule is CCOc1ccc(CC(C)N(C)CC(=O)O)cc1N. The molecule has 0 aliphatic carbocycles. The maximum Gasteiger partial charge on any atom is 0.317 e. The van der Waals surface area contributed by atoms with Crippen LogP contribution in [0.25, 0.3) is 0 Å². The number of carbonyl (C=O) groups is 1. The van der Waals surface area contributed by atoms with Crippen molar-refractivity contribution in [3.63, 3.8) is 0 Å². The Morgan fingerprint density at radius 1 is 1.53 bits per heavy atom. The lowest BCUT2D eigenvalue weighted by molar-refractivity contribution is -0.138. The van der Waals surface area contributed by atoms with Gasteiger partial charge in [-0.25, -0.2) is 0 Å². The molecule has 1 unspecified atom stereocenters. The molecule has 5 heteroatoms. The Bertz CT molecular complexity index is 435. The van der Waals surface area contributed by atoms with E-state index in [1.807, 2.05) is 32.0 Å². The van der Waals surface area contributed by atoms with Gasteiger partial charge in [-0.1, -0.05) is 6.07 Å². The fraction of sp³-hybridized carbons (Fsp3) is 0.500. The first-order chi connectivity index (χ1) is 8.93. The second-order valence-corrected chi connectivity index (χ2v) is 4.67. The molecule has 0 aromatic heterocycles. The predicted molar refractivity (Wildman–Crippen MR) is 75.5 cm³/mol. The third-order valence-corrected chi connectivity index (χ3v) is 3.04. The van der Waals surface area contributed by atoms with E-state index in [0.717, 1.165) is 12.0 Å². The molecule has 0 fully saturated rings. The minimum absolute atomic E-state index is 0.0354. The first-order valence-electron chi connectivity index (χ1n) is 6.37. The lowest BCUT2D eigenvalue weighted by atomic mass is 10.1. The van der Waals surface area contributed by atoms with Crippen LogP contribution in [0.5, 0.6) is 5.75 Å². The topological polar surface area (TPSA) is 75.8 Å². The molecule has 0 aliphatic heterocycles. The molecule has 0 heterocycles. The number of anilines is 1. The Morgan fingerprint density at radius 2 is 2.21 bits per heavy atom. The minimum Gasteiger partial charge on any atom is -0.492 e. The standard InChI is InChI=1S/C14H22N2O3/c1-4-19-13-6-5-11(8-12(13)15)7-10(2)16(3)9-14(17)18/h5-6,8,10H,4,7,9,15H2,1-3H3,(H,17,18). The van der Waals surface area contributed by atoms with Crippen molar-refractivity contribution in [1.29, 1.82) is 0 Å². The number of likely N-dealkylation sites (N-methyl/N-ethyl adjacent to an activating group) is 1. The van der Waals surface area contributed by atoms with Gasteiger partial charge in [0.15, 0.2) is 0 Å². The molecule has 5 nitrogen and oxygen atoms in total. The zero-order chi connectivity index (χ0) is 14.4. The average molecular weight is 266 g/mol. The van der Waals surface area contributed by atoms with Gasteiger partial charge in [0, 0.05) is 6.04 Å². The number of hydrogen-bond acceptors (Lipinski definition) is 4. The summed E-state index contributed by atoms with van der Waals surface area (Å²) in [6, 6.07) is 5.84. The van der Waals surface area contributed by atoms with Crippen LogP contribution in [0.2, 0.25) is 0 Å². The van der Waals surface area contributed by atoms with Crippen molar-refractivity contribution < 1.29 is 14.6 Å². The van der Waals surface area contributed by atoms with Gasteiger partial charge in [-0.05, 0) is 45.0 Å². The highest BCUT2D eigenvalue weighted by Gasteiger charge is 2.13. The molecule has 1 atom stereocenters. The minimum atomic E-state index is -0.819. The number of rotatable bonds is 7. The summed E-state index contributed by atoms with van der Waals surface area (Å²) < 4.78 is 5.38. The van der Waals surface area contributed by atoms with E-state index in [-0.39, 0.29) is 12.6 Å². The summed E-state index contributed by atoms with van der Waals surface area (Å²) in [6.07, 6.45) is 0.750. The van der Waals surface area contributed by atoms with Gasteiger partial charge in [0.05, 0.1) is 18.8 Å². The molecule has 0 aliphatic rings. The molecule has 0 amide bonds. The summed E-state index contributed by atoms with van der Waals surface area (Å²) >= 11 is 0. The van der Waals surface area contributed by atoms with E-state index in [4.69, 9.17) is 15.6 Å². The molecule has 19 heavy (non-hydrogen) atoms. The van der Waals surface area contributed by atoms with Crippen molar-refractivity contribution in [3.05, 3.63) is 23.8 Å². The molecule has 106 valence electrons. The number of aliphatic carboxylic acids is 1. The fourth-order valence-electron chi connectivity index (χ4n) is 1.88. The Morgan fingerprint density at radius 3 is 2.74 bits per heavy atom. The van der Waals surface area contributed by atoms with Crippen LogP contribution >= 0.6 is 0 Å². The van der Waals surface area contributed by atoms with Gasteiger partial charge >= 0.3 is 5.97 Å². The van der Waals surface area contributed by atoms with Crippen molar-refractivity contribution in [1.82, 2.24) is 4.90 Å². The number of carboxylic acids is 1. The quantitative estimate of drug-likeness (QED) is 0.733. The molecular weight excluding hydrogens is 244 g/mol. The molecule has 0 saturated carbocycles. The number of nitrogen functional groups attached to an aromatic ring is 1. The maximum atomic E-state index is 10.7. The molecule has 0 spiro atoms. The number of hydrogen-bond donors (Lipinski definition) is 2. The fourth-order valence-corrected chi connectivity index (χ4v) is 1.88. The lowest BCUT2D eigenvalue weighted by Crippen LogP contribution is -2.35. The van der Waals surface area contributed by atoms with E-state index in [2.05, 4.69) is 0 Å². The molecule has 1 aromatic rings. The van der Waals surface area contributed by atoms with Crippen LogP contribution < -0.4 is 10.5 Å². The number of nitrogens with zero attached hydrogens (tertiary/aromatic N) is 1. The highest BCUT2D eigenvalue weighted by Crippen LogP contribution is 2.23. The van der Waals surface area contributed by atoms with Crippen LogP contribution in [0.4, 0.5) is 5.69 Å². The smallest absolute Gasteiger partial charge is 0.317 e. The summed E-state index contributed by atoms with van der Waals surface area (Å²) in [6.45, 7) is 4.53. The van der Waals surface area contributed by atoms with Crippen LogP contribution in [0.15, 0.2) is 18.2 Å². The normalized spacial score (nSPS) is 12.4. The Hall–Kier alpha value is -1.75. The molecule has 0 radical (unpaired) electrons. The van der Waals surface area contributed by atoms with E-state index in [0.29, 0.717) is 18.0 Å². The predicted octanol–water partition coefficient (Wildman–Crippen LogP) is 1.61. The first kappa shape index (κ1) is 15.3. The van der Waals surface area contributed by atoms with Crippen LogP contribution in [-0.2, 0) is 11.2 Å². The van der Waals surface area contributed by atoms with Gasteiger partial charge in [0.1, 0.15) is 5.75 Å². The second kappa shape index (κ2) is 6.99. The van der Waals surface area contributed by atoms with Gasteiger partial charge < -0.3 is 15.6 Å². The van der Waals surface area contributed by atoms with Crippen LogP contribution in [0.1, 0.15) is 19.4 Å². The summed E-state index contributed by atoms with van der Waals surface area (Å²) in [7, 11) is 1.80. The molecule has 1 aromatic carbocycles. The van der Waals surface area contributed by atoms with Gasteiger partial charge in [0.2, 0.25) is 0 Å². The van der Waals surface area contributed by atoms with Crippen LogP contribution in [0.3, 0.4) is 0 Å². The van der Waals surface area contributed by atoms with Gasteiger partial charge in [-0.3, -0.25) is 9.69 Å².